The molecule has 2 aliphatic heterocycles. The van der Waals surface area contributed by atoms with Crippen LogP contribution in [0.3, 0.4) is 0 Å². The van der Waals surface area contributed by atoms with Gasteiger partial charge in [-0.1, -0.05) is 59.5 Å². The summed E-state index contributed by atoms with van der Waals surface area (Å²) >= 11 is 0. The van der Waals surface area contributed by atoms with E-state index in [0.717, 1.165) is 0 Å². The maximum Gasteiger partial charge on any atom is 0.309 e. The minimum Gasteiger partial charge on any atom is -0.462 e. The van der Waals surface area contributed by atoms with Gasteiger partial charge in [-0.05, 0) is 38.5 Å². The number of oxime groups is 1. The molecule has 2 aliphatic rings. The van der Waals surface area contributed by atoms with E-state index in [-0.39, 0.29) is 29.6 Å². The number of carbonyl (C=O) groups excluding carboxylic acids is 1. The van der Waals surface area contributed by atoms with Gasteiger partial charge in [0.2, 0.25) is 0 Å². The van der Waals surface area contributed by atoms with Crippen LogP contribution in [0.2, 0.25) is 0 Å². The van der Waals surface area contributed by atoms with Crippen molar-refractivity contribution in [3.05, 3.63) is 0 Å². The predicted octanol–water partition coefficient (Wildman–Crippen LogP) is 4.30. The van der Waals surface area contributed by atoms with Crippen LogP contribution in [0, 0.1) is 53.8 Å². The Morgan fingerprint density at radius 3 is 2.12 bits per heavy atom. The number of hydrogen-bond donors (Lipinski definition) is 3. The van der Waals surface area contributed by atoms with Gasteiger partial charge in [0.05, 0.1) is 35.5 Å². The van der Waals surface area contributed by atoms with Crippen molar-refractivity contribution in [3.63, 3.8) is 0 Å². The number of terminal acetylenes is 1. The summed E-state index contributed by atoms with van der Waals surface area (Å²) in [6.45, 7) is 17.1. The van der Waals surface area contributed by atoms with Gasteiger partial charge in [0.1, 0.15) is 17.8 Å². The molecular weight excluding hydrogens is 526 g/mol. The number of nitrogens with zero attached hydrogens (tertiary/aromatic N) is 1. The summed E-state index contributed by atoms with van der Waals surface area (Å²) in [6, 6.07) is 0. The van der Waals surface area contributed by atoms with Crippen LogP contribution in [0.25, 0.3) is 0 Å². The van der Waals surface area contributed by atoms with Crippen LogP contribution in [-0.2, 0) is 23.7 Å². The summed E-state index contributed by atoms with van der Waals surface area (Å²) < 4.78 is 24.4. The Morgan fingerprint density at radius 1 is 1.02 bits per heavy atom. The summed E-state index contributed by atoms with van der Waals surface area (Å²) in [7, 11) is 3.15. The Hall–Kier alpha value is -1.70. The minimum absolute atomic E-state index is 0.202. The van der Waals surface area contributed by atoms with Crippen LogP contribution in [0.15, 0.2) is 5.16 Å². The second kappa shape index (κ2) is 14.2. The highest BCUT2D eigenvalue weighted by atomic mass is 16.6. The van der Waals surface area contributed by atoms with E-state index in [4.69, 9.17) is 25.4 Å². The third kappa shape index (κ3) is 6.94. The molecule has 0 radical (unpaired) electrons. The van der Waals surface area contributed by atoms with Crippen LogP contribution in [-0.4, -0.2) is 83.0 Å². The molecule has 14 atom stereocenters. The highest BCUT2D eigenvalue weighted by Gasteiger charge is 2.53. The minimum atomic E-state index is -1.08. The maximum absolute atomic E-state index is 13.9. The van der Waals surface area contributed by atoms with E-state index in [9.17, 15) is 20.2 Å². The van der Waals surface area contributed by atoms with Gasteiger partial charge >= 0.3 is 5.97 Å². The zero-order valence-corrected chi connectivity index (χ0v) is 27.0. The van der Waals surface area contributed by atoms with Crippen molar-refractivity contribution in [2.75, 3.05) is 14.2 Å². The number of carbonyl (C=O) groups is 1. The molecular formula is C32H55NO8. The smallest absolute Gasteiger partial charge is 0.309 e. The van der Waals surface area contributed by atoms with Gasteiger partial charge < -0.3 is 34.4 Å². The molecule has 0 saturated carbocycles. The lowest BCUT2D eigenvalue weighted by molar-refractivity contribution is -0.235. The lowest BCUT2D eigenvalue weighted by Crippen LogP contribution is -2.59. The van der Waals surface area contributed by atoms with Crippen LogP contribution in [0.1, 0.15) is 81.6 Å². The molecule has 0 aromatic rings. The van der Waals surface area contributed by atoms with Crippen molar-refractivity contribution < 1.29 is 39.2 Å². The second-order valence-corrected chi connectivity index (χ2v) is 12.9. The number of cyclic esters (lactones) is 1. The van der Waals surface area contributed by atoms with E-state index in [0.29, 0.717) is 25.0 Å². The fourth-order valence-electron chi connectivity index (χ4n) is 7.45. The molecule has 0 bridgehead atoms. The van der Waals surface area contributed by atoms with Gasteiger partial charge in [-0.15, -0.1) is 6.42 Å². The van der Waals surface area contributed by atoms with E-state index in [1.807, 2.05) is 55.4 Å². The number of hydrogen-bond acceptors (Lipinski definition) is 9. The number of rotatable bonds is 4. The molecule has 2 heterocycles. The normalized spacial score (nSPS) is 48.2. The number of ether oxygens (including phenoxy) is 4. The third-order valence-corrected chi connectivity index (χ3v) is 10.7. The van der Waals surface area contributed by atoms with Gasteiger partial charge in [0, 0.05) is 44.3 Å². The zero-order valence-electron chi connectivity index (χ0n) is 27.0. The number of aliphatic hydroxyl groups excluding tert-OH is 2. The summed E-state index contributed by atoms with van der Waals surface area (Å²) in [5.74, 6) is -0.186. The molecule has 236 valence electrons. The lowest BCUT2D eigenvalue weighted by Gasteiger charge is -2.50. The Bertz CT molecular complexity index is 950. The lowest BCUT2D eigenvalue weighted by atomic mass is 9.64. The Morgan fingerprint density at radius 2 is 1.63 bits per heavy atom. The van der Waals surface area contributed by atoms with Crippen LogP contribution >= 0.6 is 0 Å². The number of esters is 1. The van der Waals surface area contributed by atoms with Gasteiger partial charge in [-0.25, -0.2) is 0 Å². The first-order valence-electron chi connectivity index (χ1n) is 15.1. The molecule has 2 saturated heterocycles. The summed E-state index contributed by atoms with van der Waals surface area (Å²) in [5.41, 5.74) is -1.54. The Labute approximate surface area is 247 Å². The highest BCUT2D eigenvalue weighted by molar-refractivity contribution is 5.88. The first-order valence-corrected chi connectivity index (χ1v) is 15.1. The standard InChI is InChI=1S/C32H55NO8/c1-13-24-19(5)28(34)21(7)27(33-37)17(3)15-32(14-2,39-12)22(8)18(4)26(20(6)30(36)41-24)25-16-31(10,38-11)29(35)23(9)40-25/h2,17-26,28-29,34-35,37H,13,15-16H2,1,3-12H3/b33-27+/t17-,18-,19?,20-,21+,22-,23+,24-,25?,26+,28+,29+,31-,32-/m1/s1. The quantitative estimate of drug-likeness (QED) is 0.194. The van der Waals surface area contributed by atoms with Crippen LogP contribution in [0.5, 0.6) is 0 Å². The van der Waals surface area contributed by atoms with Crippen LogP contribution in [0.4, 0.5) is 0 Å². The fraction of sp³-hybridized carbons (Fsp3) is 0.875. The maximum atomic E-state index is 13.9. The fourth-order valence-corrected chi connectivity index (χ4v) is 7.45. The molecule has 2 fully saturated rings. The molecule has 0 aliphatic carbocycles. The monoisotopic (exact) mass is 581 g/mol. The summed E-state index contributed by atoms with van der Waals surface area (Å²) in [4.78, 5) is 13.9. The van der Waals surface area contributed by atoms with Crippen molar-refractivity contribution >= 4 is 11.7 Å². The highest BCUT2D eigenvalue weighted by Crippen LogP contribution is 2.46. The van der Waals surface area contributed by atoms with Crippen molar-refractivity contribution in [1.82, 2.24) is 0 Å². The second-order valence-electron chi connectivity index (χ2n) is 12.9. The van der Waals surface area contributed by atoms with Crippen LogP contribution < -0.4 is 0 Å². The first kappa shape index (κ1) is 35.5. The van der Waals surface area contributed by atoms with Crippen molar-refractivity contribution in [2.45, 2.75) is 123 Å². The molecule has 9 heteroatoms. The number of aliphatic hydroxyl groups is 2. The summed E-state index contributed by atoms with van der Waals surface area (Å²) in [5, 5.41) is 35.9. The Kier molecular flexibility index (Phi) is 12.3. The topological polar surface area (TPSA) is 127 Å². The van der Waals surface area contributed by atoms with E-state index >= 15 is 0 Å². The van der Waals surface area contributed by atoms with Gasteiger partial charge in [0.15, 0.2) is 0 Å². The van der Waals surface area contributed by atoms with Gasteiger partial charge in [-0.2, -0.15) is 0 Å². The van der Waals surface area contributed by atoms with Crippen molar-refractivity contribution in [2.24, 2.45) is 46.6 Å². The average molecular weight is 582 g/mol. The molecule has 0 amide bonds. The molecule has 9 nitrogen and oxygen atoms in total. The molecule has 2 unspecified atom stereocenters. The predicted molar refractivity (Wildman–Crippen MR) is 157 cm³/mol. The van der Waals surface area contributed by atoms with Gasteiger partial charge in [0.25, 0.3) is 0 Å². The Balaban J connectivity index is 2.72. The average Bonchev–Trinajstić information content (AvgIpc) is 2.95. The SMILES string of the molecule is C#C[C@@]1(OC)C[C@@H](C)/C(=N\O)[C@H](C)[C@@H](O)C(C)[C@@H](CC)OC(=O)[C@H](C)[C@@H](C2C[C@@](C)(OC)[C@@H](O)[C@H](C)O2)[C@H](C)[C@H]1C. The van der Waals surface area contributed by atoms with Crippen molar-refractivity contribution in [1.29, 1.82) is 0 Å². The van der Waals surface area contributed by atoms with E-state index < -0.39 is 59.5 Å². The van der Waals surface area contributed by atoms with E-state index in [2.05, 4.69) is 18.0 Å². The molecule has 0 aromatic carbocycles. The van der Waals surface area contributed by atoms with E-state index in [1.165, 1.54) is 0 Å². The molecule has 0 aromatic heterocycles. The molecule has 41 heavy (non-hydrogen) atoms. The van der Waals surface area contributed by atoms with Gasteiger partial charge in [-0.3, -0.25) is 4.79 Å². The zero-order chi connectivity index (χ0) is 31.4. The largest absolute Gasteiger partial charge is 0.462 e. The summed E-state index contributed by atoms with van der Waals surface area (Å²) in [6.07, 6.45) is 4.12. The number of methoxy groups -OCH3 is 2. The molecule has 0 spiro atoms. The third-order valence-electron chi connectivity index (χ3n) is 10.7. The molecule has 3 N–H and O–H groups in total. The van der Waals surface area contributed by atoms with Crippen molar-refractivity contribution in [3.8, 4) is 12.3 Å². The first-order chi connectivity index (χ1) is 19.1. The molecule has 2 rings (SSSR count). The van der Waals surface area contributed by atoms with E-state index in [1.54, 1.807) is 14.2 Å².